The van der Waals surface area contributed by atoms with Gasteiger partial charge >= 0.3 is 12.2 Å². The second-order valence-electron chi connectivity index (χ2n) is 7.92. The van der Waals surface area contributed by atoms with Gasteiger partial charge in [-0.05, 0) is 61.7 Å². The van der Waals surface area contributed by atoms with Crippen LogP contribution >= 0.6 is 11.6 Å². The third-order valence-corrected chi connectivity index (χ3v) is 5.63. The largest absolute Gasteiger partial charge is 0.391 e. The fourth-order valence-electron chi connectivity index (χ4n) is 3.75. The average molecular weight is 470 g/mol. The molecule has 1 aromatic heterocycles. The van der Waals surface area contributed by atoms with E-state index in [0.717, 1.165) is 31.6 Å². The highest BCUT2D eigenvalue weighted by Gasteiger charge is 2.32. The van der Waals surface area contributed by atoms with Gasteiger partial charge in [-0.2, -0.15) is 13.2 Å². The summed E-state index contributed by atoms with van der Waals surface area (Å²) in [6, 6.07) is 8.53. The molecule has 2 aromatic rings. The Morgan fingerprint density at radius 1 is 1.12 bits per heavy atom. The summed E-state index contributed by atoms with van der Waals surface area (Å²) in [7, 11) is 0. The number of halogens is 4. The predicted octanol–water partition coefficient (Wildman–Crippen LogP) is 4.68. The fourth-order valence-corrected chi connectivity index (χ4v) is 3.88. The van der Waals surface area contributed by atoms with Crippen molar-refractivity contribution in [2.24, 2.45) is 5.92 Å². The third-order valence-electron chi connectivity index (χ3n) is 5.38. The molecule has 0 radical (unpaired) electrons. The lowest BCUT2D eigenvalue weighted by atomic mass is 9.96. The second-order valence-corrected chi connectivity index (χ2v) is 8.35. The van der Waals surface area contributed by atoms with Gasteiger partial charge < -0.3 is 20.9 Å². The van der Waals surface area contributed by atoms with E-state index in [0.29, 0.717) is 23.2 Å². The van der Waals surface area contributed by atoms with Crippen LogP contribution in [0.2, 0.25) is 5.02 Å². The van der Waals surface area contributed by atoms with Crippen LogP contribution in [0.5, 0.6) is 0 Å². The van der Waals surface area contributed by atoms with Gasteiger partial charge in [0.1, 0.15) is 0 Å². The van der Waals surface area contributed by atoms with Gasteiger partial charge in [0.05, 0.1) is 12.5 Å². The molecule has 1 atom stereocenters. The smallest absolute Gasteiger partial charge is 0.371 e. The summed E-state index contributed by atoms with van der Waals surface area (Å²) in [4.78, 5) is 18.5. The first kappa shape index (κ1) is 24.1. The number of nitrogens with one attached hydrogen (secondary N) is 3. The summed E-state index contributed by atoms with van der Waals surface area (Å²) in [6.07, 6.45) is -0.0580. The number of alkyl halides is 3. The Hall–Kier alpha value is -2.52. The van der Waals surface area contributed by atoms with Crippen LogP contribution in [-0.4, -0.2) is 49.4 Å². The Labute approximate surface area is 190 Å². The number of anilines is 2. The van der Waals surface area contributed by atoms with E-state index >= 15 is 0 Å². The number of hydrogen-bond acceptors (Lipinski definition) is 4. The minimum atomic E-state index is -4.38. The maximum atomic E-state index is 13.0. The second kappa shape index (κ2) is 11.4. The number of amides is 2. The standard InChI is InChI=1S/C22H27ClF3N5O/c23-17-1-3-18(4-2-17)29-21(32)30-19(13-22(24,25)26)15-28-14-16-7-11-31(12-8-16)20-5-9-27-10-6-20/h1-6,9-10,16,19,28H,7-8,11-15H2,(H2,29,30,32). The molecule has 32 heavy (non-hydrogen) atoms. The Morgan fingerprint density at radius 3 is 2.41 bits per heavy atom. The van der Waals surface area contributed by atoms with Crippen LogP contribution in [0.3, 0.4) is 0 Å². The summed E-state index contributed by atoms with van der Waals surface area (Å²) >= 11 is 5.80. The summed E-state index contributed by atoms with van der Waals surface area (Å²) in [5.41, 5.74) is 1.58. The summed E-state index contributed by atoms with van der Waals surface area (Å²) in [5.74, 6) is 0.377. The van der Waals surface area contributed by atoms with E-state index in [2.05, 4.69) is 25.8 Å². The quantitative estimate of drug-likeness (QED) is 0.525. The normalized spacial score (nSPS) is 15.9. The fraction of sp³-hybridized carbons (Fsp3) is 0.455. The van der Waals surface area contributed by atoms with E-state index in [1.807, 2.05) is 12.1 Å². The minimum Gasteiger partial charge on any atom is -0.371 e. The molecule has 1 unspecified atom stereocenters. The highest BCUT2D eigenvalue weighted by Crippen LogP contribution is 2.23. The topological polar surface area (TPSA) is 69.3 Å². The number of hydrogen-bond donors (Lipinski definition) is 3. The monoisotopic (exact) mass is 469 g/mol. The molecule has 0 saturated carbocycles. The van der Waals surface area contributed by atoms with Crippen molar-refractivity contribution in [1.29, 1.82) is 0 Å². The van der Waals surface area contributed by atoms with E-state index in [4.69, 9.17) is 11.6 Å². The molecule has 1 saturated heterocycles. The van der Waals surface area contributed by atoms with E-state index in [-0.39, 0.29) is 6.54 Å². The van der Waals surface area contributed by atoms with Crippen LogP contribution in [-0.2, 0) is 0 Å². The summed E-state index contributed by atoms with van der Waals surface area (Å²) in [6.45, 7) is 2.44. The molecule has 0 bridgehead atoms. The maximum Gasteiger partial charge on any atom is 0.391 e. The first-order chi connectivity index (χ1) is 15.3. The molecule has 10 heteroatoms. The van der Waals surface area contributed by atoms with Gasteiger partial charge in [-0.1, -0.05) is 11.6 Å². The molecule has 2 amide bonds. The number of aromatic nitrogens is 1. The average Bonchev–Trinajstić information content (AvgIpc) is 2.75. The molecule has 0 aliphatic carbocycles. The van der Waals surface area contributed by atoms with E-state index in [9.17, 15) is 18.0 Å². The zero-order valence-corrected chi connectivity index (χ0v) is 18.3. The lowest BCUT2D eigenvalue weighted by molar-refractivity contribution is -0.139. The molecule has 0 spiro atoms. The van der Waals surface area contributed by atoms with Crippen molar-refractivity contribution < 1.29 is 18.0 Å². The number of benzene rings is 1. The van der Waals surface area contributed by atoms with Crippen molar-refractivity contribution in [3.05, 3.63) is 53.8 Å². The molecule has 3 N–H and O–H groups in total. The van der Waals surface area contributed by atoms with Crippen molar-refractivity contribution in [1.82, 2.24) is 15.6 Å². The number of nitrogens with zero attached hydrogens (tertiary/aromatic N) is 2. The van der Waals surface area contributed by atoms with Crippen LogP contribution in [0.4, 0.5) is 29.3 Å². The van der Waals surface area contributed by atoms with Gasteiger partial charge in [-0.3, -0.25) is 4.98 Å². The van der Waals surface area contributed by atoms with E-state index in [1.165, 1.54) is 0 Å². The van der Waals surface area contributed by atoms with Crippen molar-refractivity contribution in [2.75, 3.05) is 36.4 Å². The minimum absolute atomic E-state index is 0.0398. The first-order valence-electron chi connectivity index (χ1n) is 10.5. The lowest BCUT2D eigenvalue weighted by Gasteiger charge is -2.34. The van der Waals surface area contributed by atoms with Crippen LogP contribution in [0.1, 0.15) is 19.3 Å². The van der Waals surface area contributed by atoms with Crippen molar-refractivity contribution >= 4 is 29.0 Å². The van der Waals surface area contributed by atoms with Gasteiger partial charge in [0.25, 0.3) is 0 Å². The molecular weight excluding hydrogens is 443 g/mol. The number of carbonyl (C=O) groups is 1. The molecule has 6 nitrogen and oxygen atoms in total. The van der Waals surface area contributed by atoms with E-state index in [1.54, 1.807) is 36.7 Å². The Balaban J connectivity index is 1.44. The summed E-state index contributed by atoms with van der Waals surface area (Å²) < 4.78 is 39.0. The molecule has 174 valence electrons. The van der Waals surface area contributed by atoms with Crippen molar-refractivity contribution in [2.45, 2.75) is 31.5 Å². The number of pyridine rings is 1. The Kier molecular flexibility index (Phi) is 8.58. The molecular formula is C22H27ClF3N5O. The lowest BCUT2D eigenvalue weighted by Crippen LogP contribution is -2.47. The third kappa shape index (κ3) is 8.20. The van der Waals surface area contributed by atoms with Gasteiger partial charge in [0.15, 0.2) is 0 Å². The van der Waals surface area contributed by atoms with Crippen LogP contribution in [0.25, 0.3) is 0 Å². The zero-order chi connectivity index (χ0) is 23.0. The van der Waals surface area contributed by atoms with Crippen LogP contribution in [0, 0.1) is 5.92 Å². The molecule has 2 heterocycles. The number of piperidine rings is 1. The first-order valence-corrected chi connectivity index (χ1v) is 10.9. The molecule has 1 aromatic carbocycles. The Morgan fingerprint density at radius 2 is 1.78 bits per heavy atom. The number of rotatable bonds is 8. The Bertz CT molecular complexity index is 843. The zero-order valence-electron chi connectivity index (χ0n) is 17.5. The van der Waals surface area contributed by atoms with Gasteiger partial charge in [-0.25, -0.2) is 4.79 Å². The molecule has 1 aliphatic heterocycles. The SMILES string of the molecule is O=C(Nc1ccc(Cl)cc1)NC(CNCC1CCN(c2ccncc2)CC1)CC(F)(F)F. The highest BCUT2D eigenvalue weighted by atomic mass is 35.5. The van der Waals surface area contributed by atoms with Crippen LogP contribution < -0.4 is 20.9 Å². The molecule has 1 aliphatic rings. The van der Waals surface area contributed by atoms with Gasteiger partial charge in [0, 0.05) is 48.4 Å². The van der Waals surface area contributed by atoms with Crippen molar-refractivity contribution in [3.63, 3.8) is 0 Å². The maximum absolute atomic E-state index is 13.0. The predicted molar refractivity (Wildman–Crippen MR) is 120 cm³/mol. The van der Waals surface area contributed by atoms with Gasteiger partial charge in [0.2, 0.25) is 0 Å². The molecule has 3 rings (SSSR count). The van der Waals surface area contributed by atoms with Crippen LogP contribution in [0.15, 0.2) is 48.8 Å². The number of carbonyl (C=O) groups excluding carboxylic acids is 1. The number of urea groups is 1. The highest BCUT2D eigenvalue weighted by molar-refractivity contribution is 6.30. The van der Waals surface area contributed by atoms with Crippen molar-refractivity contribution in [3.8, 4) is 0 Å². The van der Waals surface area contributed by atoms with E-state index < -0.39 is 24.7 Å². The summed E-state index contributed by atoms with van der Waals surface area (Å²) in [5, 5.41) is 8.58. The van der Waals surface area contributed by atoms with Gasteiger partial charge in [-0.15, -0.1) is 0 Å². The molecule has 1 fully saturated rings.